The van der Waals surface area contributed by atoms with Gasteiger partial charge in [-0.15, -0.1) is 0 Å². The Morgan fingerprint density at radius 3 is 2.80 bits per heavy atom. The molecule has 1 aromatic carbocycles. The van der Waals surface area contributed by atoms with Gasteiger partial charge in [0.15, 0.2) is 5.69 Å². The predicted octanol–water partition coefficient (Wildman–Crippen LogP) is 2.30. The Bertz CT molecular complexity index is 611. The topological polar surface area (TPSA) is 65.5 Å². The van der Waals surface area contributed by atoms with Gasteiger partial charge < -0.3 is 15.3 Å². The summed E-state index contributed by atoms with van der Waals surface area (Å²) >= 11 is 0. The minimum absolute atomic E-state index is 0.0683. The van der Waals surface area contributed by atoms with Gasteiger partial charge in [-0.05, 0) is 38.5 Å². The Morgan fingerprint density at radius 2 is 2.10 bits per heavy atom. The number of benzene rings is 1. The number of nitrogens with one attached hydrogen (secondary N) is 1. The van der Waals surface area contributed by atoms with Gasteiger partial charge in [0.05, 0.1) is 0 Å². The van der Waals surface area contributed by atoms with Crippen molar-refractivity contribution in [3.63, 3.8) is 0 Å². The molecule has 5 nitrogen and oxygen atoms in total. The molecule has 0 aliphatic rings. The van der Waals surface area contributed by atoms with E-state index in [0.717, 1.165) is 30.3 Å². The molecule has 0 saturated carbocycles. The van der Waals surface area contributed by atoms with Gasteiger partial charge in [-0.3, -0.25) is 0 Å². The monoisotopic (exact) mass is 273 g/mol. The molecule has 0 unspecified atom stereocenters. The first-order valence-corrected chi connectivity index (χ1v) is 6.59. The lowest BCUT2D eigenvalue weighted by Crippen LogP contribution is -2.17. The van der Waals surface area contributed by atoms with E-state index in [-0.39, 0.29) is 5.69 Å². The van der Waals surface area contributed by atoms with E-state index in [4.69, 9.17) is 5.11 Å². The second-order valence-corrected chi connectivity index (χ2v) is 4.97. The number of rotatable bonds is 6. The van der Waals surface area contributed by atoms with Crippen LogP contribution in [0.2, 0.25) is 0 Å². The second-order valence-electron chi connectivity index (χ2n) is 4.97. The van der Waals surface area contributed by atoms with Crippen LogP contribution in [0.1, 0.15) is 16.9 Å². The van der Waals surface area contributed by atoms with E-state index in [1.54, 1.807) is 6.07 Å². The van der Waals surface area contributed by atoms with Crippen LogP contribution in [0.3, 0.4) is 0 Å². The number of hydrogen-bond acceptors (Lipinski definition) is 4. The Balaban J connectivity index is 2.23. The van der Waals surface area contributed by atoms with Crippen LogP contribution < -0.4 is 5.32 Å². The normalized spacial score (nSPS) is 10.9. The van der Waals surface area contributed by atoms with E-state index in [0.29, 0.717) is 5.82 Å². The molecule has 2 aromatic rings. The molecule has 0 spiro atoms. The number of aromatic carboxylic acids is 1. The van der Waals surface area contributed by atoms with Crippen molar-refractivity contribution >= 4 is 22.6 Å². The van der Waals surface area contributed by atoms with Gasteiger partial charge in [-0.1, -0.05) is 24.3 Å². The summed E-state index contributed by atoms with van der Waals surface area (Å²) in [6.45, 7) is 1.74. The van der Waals surface area contributed by atoms with Crippen molar-refractivity contribution in [2.75, 3.05) is 32.5 Å². The average molecular weight is 273 g/mol. The van der Waals surface area contributed by atoms with Gasteiger partial charge in [0.25, 0.3) is 0 Å². The summed E-state index contributed by atoms with van der Waals surface area (Å²) in [6, 6.07) is 9.26. The van der Waals surface area contributed by atoms with Crippen LogP contribution in [0.15, 0.2) is 30.3 Å². The molecule has 5 heteroatoms. The minimum atomic E-state index is -1.01. The number of carbonyl (C=O) groups is 1. The summed E-state index contributed by atoms with van der Waals surface area (Å²) in [6.07, 6.45) is 0.973. The SMILES string of the molecule is CN(C)CCCNc1nc(C(=O)O)cc2ccccc12. The largest absolute Gasteiger partial charge is 0.477 e. The number of carboxylic acid groups (broad SMARTS) is 1. The fourth-order valence-corrected chi connectivity index (χ4v) is 2.05. The molecule has 0 aliphatic heterocycles. The molecule has 0 fully saturated rings. The summed E-state index contributed by atoms with van der Waals surface area (Å²) in [5, 5.41) is 14.2. The molecule has 0 saturated heterocycles. The van der Waals surface area contributed by atoms with Crippen LogP contribution >= 0.6 is 0 Å². The third-order valence-corrected chi connectivity index (χ3v) is 3.03. The van der Waals surface area contributed by atoms with E-state index in [1.165, 1.54) is 0 Å². The number of fused-ring (bicyclic) bond motifs is 1. The summed E-state index contributed by atoms with van der Waals surface area (Å²) in [4.78, 5) is 17.4. The molecule has 0 atom stereocenters. The van der Waals surface area contributed by atoms with E-state index in [2.05, 4.69) is 15.2 Å². The fraction of sp³-hybridized carbons (Fsp3) is 0.333. The van der Waals surface area contributed by atoms with Crippen molar-refractivity contribution in [2.45, 2.75) is 6.42 Å². The number of anilines is 1. The minimum Gasteiger partial charge on any atom is -0.477 e. The first kappa shape index (κ1) is 14.3. The molecular formula is C15H19N3O2. The number of aromatic nitrogens is 1. The highest BCUT2D eigenvalue weighted by molar-refractivity contribution is 5.97. The molecule has 0 radical (unpaired) electrons. The van der Waals surface area contributed by atoms with Crippen LogP contribution in [0.25, 0.3) is 10.8 Å². The molecule has 0 amide bonds. The van der Waals surface area contributed by atoms with Crippen molar-refractivity contribution in [1.82, 2.24) is 9.88 Å². The first-order valence-electron chi connectivity index (χ1n) is 6.59. The van der Waals surface area contributed by atoms with Crippen LogP contribution in [0.4, 0.5) is 5.82 Å². The maximum atomic E-state index is 11.1. The summed E-state index contributed by atoms with van der Waals surface area (Å²) < 4.78 is 0. The Morgan fingerprint density at radius 1 is 1.35 bits per heavy atom. The molecule has 2 N–H and O–H groups in total. The van der Waals surface area contributed by atoms with Gasteiger partial charge in [0.1, 0.15) is 5.82 Å². The number of pyridine rings is 1. The van der Waals surface area contributed by atoms with Crippen molar-refractivity contribution in [2.24, 2.45) is 0 Å². The van der Waals surface area contributed by atoms with Crippen LogP contribution in [-0.4, -0.2) is 48.1 Å². The molecular weight excluding hydrogens is 254 g/mol. The van der Waals surface area contributed by atoms with Crippen LogP contribution in [0.5, 0.6) is 0 Å². The molecule has 2 rings (SSSR count). The zero-order chi connectivity index (χ0) is 14.5. The summed E-state index contributed by atoms with van der Waals surface area (Å²) in [5.41, 5.74) is 0.0683. The summed E-state index contributed by atoms with van der Waals surface area (Å²) in [5.74, 6) is -0.369. The lowest BCUT2D eigenvalue weighted by Gasteiger charge is -2.12. The Kier molecular flexibility index (Phi) is 4.53. The predicted molar refractivity (Wildman–Crippen MR) is 80.4 cm³/mol. The maximum absolute atomic E-state index is 11.1. The van der Waals surface area contributed by atoms with E-state index in [9.17, 15) is 4.79 Å². The number of hydrogen-bond donors (Lipinski definition) is 2. The van der Waals surface area contributed by atoms with Crippen molar-refractivity contribution in [3.05, 3.63) is 36.0 Å². The Labute approximate surface area is 118 Å². The second kappa shape index (κ2) is 6.34. The lowest BCUT2D eigenvalue weighted by atomic mass is 10.1. The third-order valence-electron chi connectivity index (χ3n) is 3.03. The van der Waals surface area contributed by atoms with Gasteiger partial charge in [-0.25, -0.2) is 9.78 Å². The van der Waals surface area contributed by atoms with Gasteiger partial charge in [-0.2, -0.15) is 0 Å². The highest BCUT2D eigenvalue weighted by atomic mass is 16.4. The Hall–Kier alpha value is -2.14. The van der Waals surface area contributed by atoms with Crippen molar-refractivity contribution < 1.29 is 9.90 Å². The van der Waals surface area contributed by atoms with Crippen LogP contribution in [0, 0.1) is 0 Å². The van der Waals surface area contributed by atoms with Crippen molar-refractivity contribution in [1.29, 1.82) is 0 Å². The molecule has 0 bridgehead atoms. The quantitative estimate of drug-likeness (QED) is 0.791. The van der Waals surface area contributed by atoms with Gasteiger partial charge >= 0.3 is 5.97 Å². The lowest BCUT2D eigenvalue weighted by molar-refractivity contribution is 0.0691. The average Bonchev–Trinajstić information content (AvgIpc) is 2.42. The zero-order valence-corrected chi connectivity index (χ0v) is 11.8. The van der Waals surface area contributed by atoms with Gasteiger partial charge in [0, 0.05) is 11.9 Å². The first-order chi connectivity index (χ1) is 9.58. The molecule has 106 valence electrons. The standard InChI is InChI=1S/C15H19N3O2/c1-18(2)9-5-8-16-14-12-7-4-3-6-11(12)10-13(17-14)15(19)20/h3-4,6-7,10H,5,8-9H2,1-2H3,(H,16,17)(H,19,20). The molecule has 20 heavy (non-hydrogen) atoms. The van der Waals surface area contributed by atoms with E-state index in [1.807, 2.05) is 38.4 Å². The molecule has 1 heterocycles. The maximum Gasteiger partial charge on any atom is 0.354 e. The highest BCUT2D eigenvalue weighted by Crippen LogP contribution is 2.22. The van der Waals surface area contributed by atoms with Gasteiger partial charge in [0.2, 0.25) is 0 Å². The van der Waals surface area contributed by atoms with E-state index >= 15 is 0 Å². The third kappa shape index (κ3) is 3.45. The molecule has 1 aromatic heterocycles. The smallest absolute Gasteiger partial charge is 0.354 e. The summed E-state index contributed by atoms with van der Waals surface area (Å²) in [7, 11) is 4.05. The zero-order valence-electron chi connectivity index (χ0n) is 11.8. The number of nitrogens with zero attached hydrogens (tertiary/aromatic N) is 2. The fourth-order valence-electron chi connectivity index (χ4n) is 2.05. The highest BCUT2D eigenvalue weighted by Gasteiger charge is 2.10. The number of carboxylic acids is 1. The van der Waals surface area contributed by atoms with Crippen molar-refractivity contribution in [3.8, 4) is 0 Å². The molecule has 0 aliphatic carbocycles. The van der Waals surface area contributed by atoms with E-state index < -0.39 is 5.97 Å². The van der Waals surface area contributed by atoms with Crippen LogP contribution in [-0.2, 0) is 0 Å².